The molecule has 1 unspecified atom stereocenters. The Labute approximate surface area is 148 Å². The zero-order valence-corrected chi connectivity index (χ0v) is 15.0. The number of aliphatic hydroxyl groups is 1. The van der Waals surface area contributed by atoms with Crippen molar-refractivity contribution >= 4 is 17.5 Å². The van der Waals surface area contributed by atoms with E-state index in [1.807, 2.05) is 5.41 Å². The lowest BCUT2D eigenvalue weighted by atomic mass is 9.99. The number of carbonyl (C=O) groups excluding carboxylic acids is 1. The zero-order chi connectivity index (χ0) is 16.9. The third kappa shape index (κ3) is 3.87. The average Bonchev–Trinajstić information content (AvgIpc) is 2.96. The van der Waals surface area contributed by atoms with Crippen molar-refractivity contribution in [2.75, 3.05) is 39.9 Å². The quantitative estimate of drug-likeness (QED) is 0.788. The number of likely N-dealkylation sites (tertiary alicyclic amines) is 1. The highest BCUT2D eigenvalue weighted by atomic mass is 32.2. The molecule has 0 bridgehead atoms. The summed E-state index contributed by atoms with van der Waals surface area (Å²) in [5.74, 6) is 0.594. The Hall–Kier alpha value is -1.24. The fourth-order valence-corrected chi connectivity index (χ4v) is 4.64. The van der Waals surface area contributed by atoms with Gasteiger partial charge in [-0.25, -0.2) is 0 Å². The first-order chi connectivity index (χ1) is 11.7. The van der Waals surface area contributed by atoms with E-state index in [-0.39, 0.29) is 17.6 Å². The smallest absolute Gasteiger partial charge is 0.211 e. The van der Waals surface area contributed by atoms with Crippen molar-refractivity contribution in [1.82, 2.24) is 9.80 Å². The predicted octanol–water partition coefficient (Wildman–Crippen LogP) is 1.76. The highest BCUT2D eigenvalue weighted by Crippen LogP contribution is 2.34. The SMILES string of the molecule is COC1=CSC(CC2=CC=CCN2C2CCN(CCO)CC2)C1=O. The summed E-state index contributed by atoms with van der Waals surface area (Å²) in [5, 5.41) is 10.9. The molecule has 24 heavy (non-hydrogen) atoms. The van der Waals surface area contributed by atoms with Crippen molar-refractivity contribution in [3.05, 3.63) is 35.1 Å². The van der Waals surface area contributed by atoms with Crippen molar-refractivity contribution in [1.29, 1.82) is 0 Å². The van der Waals surface area contributed by atoms with Crippen LogP contribution in [0.2, 0.25) is 0 Å². The zero-order valence-electron chi connectivity index (χ0n) is 14.2. The summed E-state index contributed by atoms with van der Waals surface area (Å²) in [6, 6.07) is 0.521. The van der Waals surface area contributed by atoms with Gasteiger partial charge in [-0.05, 0) is 18.9 Å². The second-order valence-corrected chi connectivity index (χ2v) is 7.49. The van der Waals surface area contributed by atoms with E-state index < -0.39 is 0 Å². The number of allylic oxidation sites excluding steroid dienone is 4. The van der Waals surface area contributed by atoms with Gasteiger partial charge in [0.2, 0.25) is 5.78 Å². The standard InChI is InChI=1S/C18H26N2O3S/c1-23-16-13-24-17(18(16)22)12-15-4-2-3-7-20(15)14-5-8-19(9-6-14)10-11-21/h2-4,13-14,17,21H,5-12H2,1H3. The Morgan fingerprint density at radius 1 is 1.38 bits per heavy atom. The van der Waals surface area contributed by atoms with Crippen LogP contribution in [-0.4, -0.2) is 71.9 Å². The van der Waals surface area contributed by atoms with Crippen molar-refractivity contribution in [3.63, 3.8) is 0 Å². The van der Waals surface area contributed by atoms with Gasteiger partial charge in [0, 0.05) is 49.7 Å². The van der Waals surface area contributed by atoms with E-state index in [0.29, 0.717) is 11.8 Å². The third-order valence-electron chi connectivity index (χ3n) is 5.00. The number of β-amino-alcohol motifs (C(OH)–C–C–N with tert-alkyl or cyclic N) is 1. The summed E-state index contributed by atoms with van der Waals surface area (Å²) in [6.45, 7) is 4.00. The first-order valence-electron chi connectivity index (χ1n) is 8.62. The molecule has 132 valence electrons. The number of nitrogens with zero attached hydrogens (tertiary/aromatic N) is 2. The normalized spacial score (nSPS) is 25.8. The number of aliphatic hydroxyl groups excluding tert-OH is 1. The Morgan fingerprint density at radius 3 is 2.83 bits per heavy atom. The van der Waals surface area contributed by atoms with Crippen LogP contribution in [0, 0.1) is 0 Å². The van der Waals surface area contributed by atoms with E-state index in [4.69, 9.17) is 9.84 Å². The molecule has 5 nitrogen and oxygen atoms in total. The number of methoxy groups -OCH3 is 1. The van der Waals surface area contributed by atoms with Gasteiger partial charge in [-0.2, -0.15) is 0 Å². The summed E-state index contributed by atoms with van der Waals surface area (Å²) >= 11 is 1.57. The fraction of sp³-hybridized carbons (Fsp3) is 0.611. The van der Waals surface area contributed by atoms with Gasteiger partial charge in [0.15, 0.2) is 5.76 Å². The maximum atomic E-state index is 12.3. The number of thioether (sulfide) groups is 1. The molecule has 0 spiro atoms. The Bertz CT molecular complexity index is 550. The van der Waals surface area contributed by atoms with Crippen molar-refractivity contribution in [3.8, 4) is 0 Å². The number of rotatable bonds is 6. The molecule has 0 aromatic carbocycles. The molecule has 1 fully saturated rings. The number of hydrogen-bond acceptors (Lipinski definition) is 6. The first kappa shape index (κ1) is 17.6. The fourth-order valence-electron chi connectivity index (χ4n) is 3.63. The molecule has 3 rings (SSSR count). The highest BCUT2D eigenvalue weighted by molar-refractivity contribution is 8.04. The molecule has 0 radical (unpaired) electrons. The van der Waals surface area contributed by atoms with Crippen LogP contribution < -0.4 is 0 Å². The summed E-state index contributed by atoms with van der Waals surface area (Å²) < 4.78 is 5.14. The maximum absolute atomic E-state index is 12.3. The number of Topliss-reactive ketones (excluding diaryl/α,β-unsaturated/α-hetero) is 1. The monoisotopic (exact) mass is 350 g/mol. The molecular formula is C18H26N2O3S. The molecule has 3 heterocycles. The van der Waals surface area contributed by atoms with Crippen molar-refractivity contribution in [2.24, 2.45) is 0 Å². The molecule has 1 saturated heterocycles. The lowest BCUT2D eigenvalue weighted by Gasteiger charge is -2.41. The van der Waals surface area contributed by atoms with Crippen LogP contribution in [0.4, 0.5) is 0 Å². The molecule has 0 aliphatic carbocycles. The topological polar surface area (TPSA) is 53.0 Å². The van der Waals surface area contributed by atoms with E-state index in [2.05, 4.69) is 28.0 Å². The second kappa shape index (κ2) is 8.23. The number of carbonyl (C=O) groups is 1. The highest BCUT2D eigenvalue weighted by Gasteiger charge is 2.33. The molecule has 3 aliphatic rings. The number of piperidine rings is 1. The molecule has 6 heteroatoms. The van der Waals surface area contributed by atoms with Crippen LogP contribution in [0.5, 0.6) is 0 Å². The van der Waals surface area contributed by atoms with Gasteiger partial charge in [-0.1, -0.05) is 12.2 Å². The lowest BCUT2D eigenvalue weighted by molar-refractivity contribution is -0.117. The summed E-state index contributed by atoms with van der Waals surface area (Å²) in [6.07, 6.45) is 9.42. The summed E-state index contributed by atoms with van der Waals surface area (Å²) in [7, 11) is 1.56. The Kier molecular flexibility index (Phi) is 6.03. The minimum absolute atomic E-state index is 0.0605. The van der Waals surface area contributed by atoms with E-state index >= 15 is 0 Å². The minimum atomic E-state index is -0.0605. The van der Waals surface area contributed by atoms with Crippen LogP contribution in [0.25, 0.3) is 0 Å². The van der Waals surface area contributed by atoms with Crippen LogP contribution in [-0.2, 0) is 9.53 Å². The molecule has 1 N–H and O–H groups in total. The average molecular weight is 350 g/mol. The van der Waals surface area contributed by atoms with Gasteiger partial charge in [0.25, 0.3) is 0 Å². The molecule has 3 aliphatic heterocycles. The molecule has 0 aromatic rings. The van der Waals surface area contributed by atoms with E-state index in [1.165, 1.54) is 5.70 Å². The Balaban J connectivity index is 1.59. The first-order valence-corrected chi connectivity index (χ1v) is 9.56. The van der Waals surface area contributed by atoms with Gasteiger partial charge in [0.1, 0.15) is 0 Å². The Morgan fingerprint density at radius 2 is 2.17 bits per heavy atom. The predicted molar refractivity (Wildman–Crippen MR) is 96.6 cm³/mol. The molecule has 0 amide bonds. The van der Waals surface area contributed by atoms with E-state index in [9.17, 15) is 4.79 Å². The van der Waals surface area contributed by atoms with Crippen LogP contribution in [0.1, 0.15) is 19.3 Å². The summed E-state index contributed by atoms with van der Waals surface area (Å²) in [5.41, 5.74) is 1.26. The van der Waals surface area contributed by atoms with Gasteiger partial charge < -0.3 is 19.6 Å². The lowest BCUT2D eigenvalue weighted by Crippen LogP contribution is -2.46. The molecule has 0 saturated carbocycles. The van der Waals surface area contributed by atoms with Gasteiger partial charge in [0.05, 0.1) is 19.0 Å². The molecular weight excluding hydrogens is 324 g/mol. The van der Waals surface area contributed by atoms with Crippen molar-refractivity contribution < 1.29 is 14.6 Å². The van der Waals surface area contributed by atoms with Crippen LogP contribution >= 0.6 is 11.8 Å². The largest absolute Gasteiger partial charge is 0.492 e. The van der Waals surface area contributed by atoms with Gasteiger partial charge in [-0.3, -0.25) is 4.79 Å². The van der Waals surface area contributed by atoms with Gasteiger partial charge in [-0.15, -0.1) is 11.8 Å². The number of hydrogen-bond donors (Lipinski definition) is 1. The van der Waals surface area contributed by atoms with E-state index in [0.717, 1.165) is 45.4 Å². The molecule has 0 aromatic heterocycles. The minimum Gasteiger partial charge on any atom is -0.492 e. The van der Waals surface area contributed by atoms with Crippen LogP contribution in [0.3, 0.4) is 0 Å². The number of ketones is 1. The summed E-state index contributed by atoms with van der Waals surface area (Å²) in [4.78, 5) is 17.1. The second-order valence-electron chi connectivity index (χ2n) is 6.41. The number of ether oxygens (including phenoxy) is 1. The van der Waals surface area contributed by atoms with Crippen LogP contribution in [0.15, 0.2) is 35.1 Å². The molecule has 1 atom stereocenters. The maximum Gasteiger partial charge on any atom is 0.211 e. The third-order valence-corrected chi connectivity index (χ3v) is 6.06. The van der Waals surface area contributed by atoms with Crippen molar-refractivity contribution in [2.45, 2.75) is 30.6 Å². The van der Waals surface area contributed by atoms with E-state index in [1.54, 1.807) is 18.9 Å². The van der Waals surface area contributed by atoms with Gasteiger partial charge >= 0.3 is 0 Å².